The van der Waals surface area contributed by atoms with Gasteiger partial charge in [0.05, 0.1) is 0 Å². The highest BCUT2D eigenvalue weighted by molar-refractivity contribution is 6.30. The van der Waals surface area contributed by atoms with Crippen molar-refractivity contribution in [2.45, 2.75) is 12.6 Å². The van der Waals surface area contributed by atoms with Gasteiger partial charge in [0.15, 0.2) is 11.4 Å². The minimum atomic E-state index is -0.365. The van der Waals surface area contributed by atoms with Gasteiger partial charge in [0.2, 0.25) is 5.43 Å². The molecule has 0 fully saturated rings. The van der Waals surface area contributed by atoms with Crippen molar-refractivity contribution in [3.8, 4) is 11.5 Å². The van der Waals surface area contributed by atoms with E-state index in [0.29, 0.717) is 23.9 Å². The Morgan fingerprint density at radius 3 is 2.49 bits per heavy atom. The average molecular weight is 540 g/mol. The summed E-state index contributed by atoms with van der Waals surface area (Å²) in [5.74, 6) is 0.397. The fraction of sp³-hybridized carbons (Fsp3) is 0.161. The molecule has 2 aliphatic heterocycles. The summed E-state index contributed by atoms with van der Waals surface area (Å²) in [6.07, 6.45) is 5.42. The van der Waals surface area contributed by atoms with Gasteiger partial charge < -0.3 is 14.4 Å². The summed E-state index contributed by atoms with van der Waals surface area (Å²) >= 11 is 6.38. The molecule has 6 rings (SSSR count). The molecule has 0 unspecified atom stereocenters. The van der Waals surface area contributed by atoms with Crippen LogP contribution < -0.4 is 19.9 Å². The molecular formula is C31H26ClN3O4. The Kier molecular flexibility index (Phi) is 6.82. The number of benzene rings is 3. The van der Waals surface area contributed by atoms with Crippen LogP contribution in [0.2, 0.25) is 5.02 Å². The number of halogens is 1. The number of amides is 1. The molecule has 39 heavy (non-hydrogen) atoms. The second-order valence-corrected chi connectivity index (χ2v) is 9.80. The first kappa shape index (κ1) is 24.8. The number of ether oxygens (including phenoxy) is 2. The quantitative estimate of drug-likeness (QED) is 0.335. The molecule has 3 aromatic carbocycles. The lowest BCUT2D eigenvalue weighted by Crippen LogP contribution is -2.55. The van der Waals surface area contributed by atoms with Crippen LogP contribution in [0.4, 0.5) is 0 Å². The average Bonchev–Trinajstić information content (AvgIpc) is 2.99. The lowest BCUT2D eigenvalue weighted by atomic mass is 9.97. The zero-order chi connectivity index (χ0) is 26.8. The van der Waals surface area contributed by atoms with Crippen molar-refractivity contribution < 1.29 is 14.3 Å². The van der Waals surface area contributed by atoms with Gasteiger partial charge in [0.1, 0.15) is 31.7 Å². The smallest absolute Gasteiger partial charge is 0.278 e. The Labute approximate surface area is 231 Å². The fourth-order valence-corrected chi connectivity index (χ4v) is 5.17. The first-order valence-electron chi connectivity index (χ1n) is 12.7. The number of carbonyl (C=O) groups is 1. The van der Waals surface area contributed by atoms with E-state index in [0.717, 1.165) is 16.7 Å². The Morgan fingerprint density at radius 2 is 1.69 bits per heavy atom. The molecule has 0 spiro atoms. The van der Waals surface area contributed by atoms with Gasteiger partial charge >= 0.3 is 0 Å². The van der Waals surface area contributed by atoms with Gasteiger partial charge in [-0.05, 0) is 29.3 Å². The molecule has 7 nitrogen and oxygen atoms in total. The van der Waals surface area contributed by atoms with Gasteiger partial charge in [0, 0.05) is 29.4 Å². The zero-order valence-electron chi connectivity index (χ0n) is 21.1. The third-order valence-electron chi connectivity index (χ3n) is 6.85. The van der Waals surface area contributed by atoms with E-state index in [1.54, 1.807) is 15.8 Å². The third kappa shape index (κ3) is 4.89. The topological polar surface area (TPSA) is 64.0 Å². The van der Waals surface area contributed by atoms with Gasteiger partial charge in [-0.15, -0.1) is 0 Å². The molecule has 1 atom stereocenters. The number of aromatic nitrogens is 1. The van der Waals surface area contributed by atoms with Gasteiger partial charge in [0.25, 0.3) is 5.91 Å². The van der Waals surface area contributed by atoms with Gasteiger partial charge in [-0.25, -0.2) is 0 Å². The zero-order valence-corrected chi connectivity index (χ0v) is 21.8. The molecular weight excluding hydrogens is 514 g/mol. The first-order chi connectivity index (χ1) is 19.1. The summed E-state index contributed by atoms with van der Waals surface area (Å²) in [5.41, 5.74) is 2.61. The maximum absolute atomic E-state index is 13.9. The molecule has 2 aliphatic rings. The number of hydrogen-bond donors (Lipinski definition) is 0. The summed E-state index contributed by atoms with van der Waals surface area (Å²) < 4.78 is 14.0. The molecule has 2 bridgehead atoms. The lowest BCUT2D eigenvalue weighted by Gasteiger charge is -2.44. The SMILES string of the molecule is O=C1c2c(OCc3ccccc3)c(=O)ccn2N2CN1C/C=C\COc1cc(Cl)ccc1[C@H]2c1ccccc1. The Hall–Kier alpha value is -4.49. The molecule has 0 N–H and O–H groups in total. The molecule has 0 saturated heterocycles. The Balaban J connectivity index is 1.55. The summed E-state index contributed by atoms with van der Waals surface area (Å²) in [6, 6.07) is 26.2. The van der Waals surface area contributed by atoms with Crippen LogP contribution in [0.1, 0.15) is 33.2 Å². The van der Waals surface area contributed by atoms with Crippen molar-refractivity contribution in [3.05, 3.63) is 141 Å². The summed E-state index contributed by atoms with van der Waals surface area (Å²) in [5, 5.41) is 2.62. The van der Waals surface area contributed by atoms with Crippen molar-refractivity contribution in [2.24, 2.45) is 0 Å². The molecule has 0 radical (unpaired) electrons. The third-order valence-corrected chi connectivity index (χ3v) is 7.09. The highest BCUT2D eigenvalue weighted by Crippen LogP contribution is 2.38. The number of nitrogens with zero attached hydrogens (tertiary/aromatic N) is 3. The molecule has 1 amide bonds. The second-order valence-electron chi connectivity index (χ2n) is 9.36. The molecule has 196 valence electrons. The molecule has 0 aliphatic carbocycles. The normalized spacial score (nSPS) is 17.4. The van der Waals surface area contributed by atoms with Crippen molar-refractivity contribution in [2.75, 3.05) is 24.8 Å². The number of hydrogen-bond acceptors (Lipinski definition) is 5. The lowest BCUT2D eigenvalue weighted by molar-refractivity contribution is 0.0698. The van der Waals surface area contributed by atoms with Crippen molar-refractivity contribution in [3.63, 3.8) is 0 Å². The number of pyridine rings is 1. The molecule has 3 heterocycles. The highest BCUT2D eigenvalue weighted by atomic mass is 35.5. The standard InChI is InChI=1S/C31H26ClN3O4/c32-24-13-14-25-27(19-24)38-18-8-7-16-33-21-35(28(25)23-11-5-2-6-12-23)34-17-15-26(36)30(29(34)31(33)37)39-20-22-9-3-1-4-10-22/h1-15,17,19,28H,16,18,20-21H2/b8-7-/t28-/m1/s1. The minimum Gasteiger partial charge on any atom is -0.489 e. The summed E-state index contributed by atoms with van der Waals surface area (Å²) in [7, 11) is 0. The van der Waals surface area contributed by atoms with E-state index >= 15 is 0 Å². The van der Waals surface area contributed by atoms with Crippen LogP contribution >= 0.6 is 11.6 Å². The fourth-order valence-electron chi connectivity index (χ4n) is 5.01. The van der Waals surface area contributed by atoms with Crippen LogP contribution in [0.3, 0.4) is 0 Å². The van der Waals surface area contributed by atoms with Crippen LogP contribution in [-0.2, 0) is 6.61 Å². The Bertz CT molecular complexity index is 1590. The minimum absolute atomic E-state index is 0.0271. The van der Waals surface area contributed by atoms with Crippen LogP contribution in [0, 0.1) is 0 Å². The maximum Gasteiger partial charge on any atom is 0.278 e. The van der Waals surface area contributed by atoms with E-state index in [4.69, 9.17) is 21.1 Å². The maximum atomic E-state index is 13.9. The van der Waals surface area contributed by atoms with Gasteiger partial charge in [-0.1, -0.05) is 84.4 Å². The van der Waals surface area contributed by atoms with E-state index < -0.39 is 0 Å². The number of carbonyl (C=O) groups excluding carboxylic acids is 1. The van der Waals surface area contributed by atoms with Gasteiger partial charge in [-0.2, -0.15) is 0 Å². The van der Waals surface area contributed by atoms with Crippen LogP contribution in [0.5, 0.6) is 11.5 Å². The van der Waals surface area contributed by atoms with E-state index in [-0.39, 0.29) is 42.1 Å². The van der Waals surface area contributed by atoms with Crippen LogP contribution in [-0.4, -0.2) is 35.3 Å². The first-order valence-corrected chi connectivity index (χ1v) is 13.1. The van der Waals surface area contributed by atoms with Crippen LogP contribution in [0.25, 0.3) is 0 Å². The molecule has 1 aromatic heterocycles. The highest BCUT2D eigenvalue weighted by Gasteiger charge is 2.37. The van der Waals surface area contributed by atoms with Crippen LogP contribution in [0.15, 0.2) is 108 Å². The number of rotatable bonds is 4. The molecule has 8 heteroatoms. The van der Waals surface area contributed by atoms with Crippen molar-refractivity contribution >= 4 is 17.5 Å². The second kappa shape index (κ2) is 10.7. The van der Waals surface area contributed by atoms with Crippen molar-refractivity contribution in [1.29, 1.82) is 0 Å². The molecule has 4 aromatic rings. The predicted octanol–water partition coefficient (Wildman–Crippen LogP) is 5.17. The predicted molar refractivity (Wildman–Crippen MR) is 150 cm³/mol. The van der Waals surface area contributed by atoms with E-state index in [2.05, 4.69) is 5.01 Å². The monoisotopic (exact) mass is 539 g/mol. The van der Waals surface area contributed by atoms with E-state index in [9.17, 15) is 9.59 Å². The van der Waals surface area contributed by atoms with Crippen molar-refractivity contribution in [1.82, 2.24) is 9.58 Å². The molecule has 0 saturated carbocycles. The Morgan fingerprint density at radius 1 is 0.923 bits per heavy atom. The summed E-state index contributed by atoms with van der Waals surface area (Å²) in [6.45, 7) is 1.11. The van der Waals surface area contributed by atoms with E-state index in [1.807, 2.05) is 91.0 Å². The summed E-state index contributed by atoms with van der Waals surface area (Å²) in [4.78, 5) is 28.7. The largest absolute Gasteiger partial charge is 0.489 e. The van der Waals surface area contributed by atoms with Gasteiger partial charge in [-0.3, -0.25) is 19.3 Å². The van der Waals surface area contributed by atoms with E-state index in [1.165, 1.54) is 6.07 Å². The number of fused-ring (bicyclic) bond motifs is 5.